The number of carbonyl (C=O) groups is 1. The lowest BCUT2D eigenvalue weighted by Crippen LogP contribution is -2.12. The third-order valence-corrected chi connectivity index (χ3v) is 3.45. The molecule has 1 aromatic carbocycles. The summed E-state index contributed by atoms with van der Waals surface area (Å²) in [5.74, 6) is 0.841. The fraction of sp³-hybridized carbons (Fsp3) is 0. The van der Waals surface area contributed by atoms with Crippen LogP contribution in [0.3, 0.4) is 0 Å². The second-order valence-corrected chi connectivity index (χ2v) is 5.07. The van der Waals surface area contributed by atoms with Gasteiger partial charge in [0.2, 0.25) is 0 Å². The molecule has 4 aromatic rings. The number of anilines is 3. The minimum absolute atomic E-state index is 0.267. The van der Waals surface area contributed by atoms with Gasteiger partial charge in [-0.2, -0.15) is 5.10 Å². The number of rotatable bonds is 4. The average Bonchev–Trinajstić information content (AvgIpc) is 3.25. The number of carbonyl (C=O) groups excluding carboxylic acids is 1. The third-order valence-electron chi connectivity index (χ3n) is 3.45. The molecule has 0 atom stereocenters. The van der Waals surface area contributed by atoms with Crippen LogP contribution in [0, 0.1) is 0 Å². The van der Waals surface area contributed by atoms with E-state index in [1.54, 1.807) is 12.3 Å². The number of nitrogens with zero attached hydrogens (tertiary/aromatic N) is 3. The van der Waals surface area contributed by atoms with Gasteiger partial charge in [-0.15, -0.1) is 0 Å². The first kappa shape index (κ1) is 13.9. The first-order chi connectivity index (χ1) is 11.8. The maximum absolute atomic E-state index is 12.2. The van der Waals surface area contributed by atoms with Gasteiger partial charge in [-0.1, -0.05) is 18.2 Å². The molecule has 8 nitrogen and oxygen atoms in total. The van der Waals surface area contributed by atoms with Gasteiger partial charge < -0.3 is 15.6 Å². The molecule has 1 amide bonds. The van der Waals surface area contributed by atoms with Crippen LogP contribution in [0.2, 0.25) is 0 Å². The smallest absolute Gasteiger partial charge is 0.273 e. The molecule has 8 heteroatoms. The first-order valence-electron chi connectivity index (χ1n) is 7.26. The quantitative estimate of drug-likeness (QED) is 0.462. The van der Waals surface area contributed by atoms with E-state index in [-0.39, 0.29) is 5.91 Å². The number of aromatic amines is 2. The zero-order valence-electron chi connectivity index (χ0n) is 12.4. The molecule has 24 heavy (non-hydrogen) atoms. The molecular formula is C16H13N7O. The number of H-pyrrole nitrogens is 2. The van der Waals surface area contributed by atoms with Crippen molar-refractivity contribution < 1.29 is 4.79 Å². The molecule has 118 valence electrons. The van der Waals surface area contributed by atoms with Gasteiger partial charge in [0.1, 0.15) is 23.5 Å². The van der Waals surface area contributed by atoms with Crippen molar-refractivity contribution in [1.29, 1.82) is 0 Å². The summed E-state index contributed by atoms with van der Waals surface area (Å²) < 4.78 is 0. The number of aromatic nitrogens is 5. The molecule has 0 spiro atoms. The van der Waals surface area contributed by atoms with Gasteiger partial charge in [-0.3, -0.25) is 9.89 Å². The van der Waals surface area contributed by atoms with Gasteiger partial charge >= 0.3 is 0 Å². The van der Waals surface area contributed by atoms with Gasteiger partial charge in [0.25, 0.3) is 5.91 Å². The van der Waals surface area contributed by atoms with E-state index >= 15 is 0 Å². The molecule has 3 aromatic heterocycles. The van der Waals surface area contributed by atoms with E-state index in [1.807, 2.05) is 36.4 Å². The molecule has 0 saturated heterocycles. The van der Waals surface area contributed by atoms with Gasteiger partial charge in [0.15, 0.2) is 5.82 Å². The van der Waals surface area contributed by atoms with Crippen LogP contribution >= 0.6 is 0 Å². The molecule has 0 saturated carbocycles. The minimum Gasteiger partial charge on any atom is -0.346 e. The Balaban J connectivity index is 1.52. The number of amides is 1. The second-order valence-electron chi connectivity index (χ2n) is 5.07. The van der Waals surface area contributed by atoms with Crippen molar-refractivity contribution in [2.75, 3.05) is 10.6 Å². The van der Waals surface area contributed by atoms with Crippen LogP contribution in [0.15, 0.2) is 55.0 Å². The van der Waals surface area contributed by atoms with Crippen molar-refractivity contribution in [1.82, 2.24) is 25.1 Å². The summed E-state index contributed by atoms with van der Waals surface area (Å²) in [6, 6.07) is 12.7. The summed E-state index contributed by atoms with van der Waals surface area (Å²) >= 11 is 0. The summed E-state index contributed by atoms with van der Waals surface area (Å²) in [6.45, 7) is 0. The van der Waals surface area contributed by atoms with Crippen molar-refractivity contribution in [3.8, 4) is 0 Å². The molecular weight excluding hydrogens is 306 g/mol. The van der Waals surface area contributed by atoms with Gasteiger partial charge in [-0.05, 0) is 18.2 Å². The maximum Gasteiger partial charge on any atom is 0.273 e. The molecule has 0 aliphatic carbocycles. The fourth-order valence-electron chi connectivity index (χ4n) is 2.32. The molecule has 0 fully saturated rings. The topological polar surface area (TPSA) is 111 Å². The Bertz CT molecular complexity index is 990. The van der Waals surface area contributed by atoms with Crippen LogP contribution in [-0.2, 0) is 0 Å². The van der Waals surface area contributed by atoms with E-state index < -0.39 is 0 Å². The van der Waals surface area contributed by atoms with Gasteiger partial charge in [0.05, 0.1) is 5.39 Å². The lowest BCUT2D eigenvalue weighted by molar-refractivity contribution is 0.102. The van der Waals surface area contributed by atoms with Crippen LogP contribution < -0.4 is 10.6 Å². The molecule has 0 unspecified atom stereocenters. The summed E-state index contributed by atoms with van der Waals surface area (Å²) in [7, 11) is 0. The second kappa shape index (κ2) is 5.84. The molecule has 0 bridgehead atoms. The zero-order valence-corrected chi connectivity index (χ0v) is 12.4. The monoisotopic (exact) mass is 319 g/mol. The highest BCUT2D eigenvalue weighted by atomic mass is 16.1. The SMILES string of the molecule is O=C(Nc1ccccc1)c1cc(Nc2ncnc3[nH]ccc23)n[nH]1. The Morgan fingerprint density at radius 2 is 1.96 bits per heavy atom. The van der Waals surface area contributed by atoms with E-state index in [4.69, 9.17) is 0 Å². The Kier molecular flexibility index (Phi) is 3.39. The standard InChI is InChI=1S/C16H13N7O/c24-16(20-10-4-2-1-3-5-10)12-8-13(23-22-12)21-15-11-6-7-17-14(11)18-9-19-15/h1-9H,(H,20,24)(H3,17,18,19,21,22,23). The van der Waals surface area contributed by atoms with E-state index in [2.05, 4.69) is 35.8 Å². The number of benzene rings is 1. The molecule has 0 aliphatic heterocycles. The minimum atomic E-state index is -0.267. The normalized spacial score (nSPS) is 10.7. The molecule has 3 heterocycles. The van der Waals surface area contributed by atoms with Gasteiger partial charge in [-0.25, -0.2) is 9.97 Å². The number of hydrogen-bond acceptors (Lipinski definition) is 5. The van der Waals surface area contributed by atoms with Crippen molar-refractivity contribution in [2.45, 2.75) is 0 Å². The van der Waals surface area contributed by atoms with E-state index in [0.29, 0.717) is 17.3 Å². The largest absolute Gasteiger partial charge is 0.346 e. The van der Waals surface area contributed by atoms with Crippen LogP contribution in [0.25, 0.3) is 11.0 Å². The molecule has 4 N–H and O–H groups in total. The highest BCUT2D eigenvalue weighted by Gasteiger charge is 2.12. The first-order valence-corrected chi connectivity index (χ1v) is 7.26. The lowest BCUT2D eigenvalue weighted by Gasteiger charge is -2.02. The number of para-hydroxylation sites is 1. The van der Waals surface area contributed by atoms with Crippen LogP contribution in [-0.4, -0.2) is 31.1 Å². The maximum atomic E-state index is 12.2. The Morgan fingerprint density at radius 1 is 1.08 bits per heavy atom. The van der Waals surface area contributed by atoms with Crippen molar-refractivity contribution in [2.24, 2.45) is 0 Å². The predicted molar refractivity (Wildman–Crippen MR) is 90.2 cm³/mol. The lowest BCUT2D eigenvalue weighted by atomic mass is 10.3. The van der Waals surface area contributed by atoms with Crippen LogP contribution in [0.1, 0.15) is 10.5 Å². The Hall–Kier alpha value is -3.68. The fourth-order valence-corrected chi connectivity index (χ4v) is 2.32. The van der Waals surface area contributed by atoms with Crippen LogP contribution in [0.4, 0.5) is 17.3 Å². The zero-order chi connectivity index (χ0) is 16.4. The Morgan fingerprint density at radius 3 is 2.83 bits per heavy atom. The summed E-state index contributed by atoms with van der Waals surface area (Å²) in [4.78, 5) is 23.5. The number of nitrogens with one attached hydrogen (secondary N) is 4. The van der Waals surface area contributed by atoms with Crippen molar-refractivity contribution >= 4 is 34.3 Å². The van der Waals surface area contributed by atoms with Crippen molar-refractivity contribution in [3.63, 3.8) is 0 Å². The van der Waals surface area contributed by atoms with Gasteiger partial charge in [0, 0.05) is 18.0 Å². The average molecular weight is 319 g/mol. The van der Waals surface area contributed by atoms with Crippen LogP contribution in [0.5, 0.6) is 0 Å². The summed E-state index contributed by atoms with van der Waals surface area (Å²) in [5.41, 5.74) is 1.79. The highest BCUT2D eigenvalue weighted by molar-refractivity contribution is 6.03. The predicted octanol–water partition coefficient (Wildman–Crippen LogP) is 2.68. The van der Waals surface area contributed by atoms with E-state index in [9.17, 15) is 4.79 Å². The summed E-state index contributed by atoms with van der Waals surface area (Å²) in [6.07, 6.45) is 3.24. The number of fused-ring (bicyclic) bond motifs is 1. The van der Waals surface area contributed by atoms with E-state index in [1.165, 1.54) is 6.33 Å². The van der Waals surface area contributed by atoms with Crippen molar-refractivity contribution in [3.05, 3.63) is 60.7 Å². The number of hydrogen-bond donors (Lipinski definition) is 4. The van der Waals surface area contributed by atoms with E-state index in [0.717, 1.165) is 16.7 Å². The Labute approximate surface area is 136 Å². The molecule has 4 rings (SSSR count). The molecule has 0 aliphatic rings. The summed E-state index contributed by atoms with van der Waals surface area (Å²) in [5, 5.41) is 13.5. The molecule has 0 radical (unpaired) electrons. The third kappa shape index (κ3) is 2.68. The highest BCUT2D eigenvalue weighted by Crippen LogP contribution is 2.21.